The first-order valence-corrected chi connectivity index (χ1v) is 5.83. The van der Waals surface area contributed by atoms with E-state index in [1.165, 1.54) is 0 Å². The normalized spacial score (nSPS) is 16.7. The highest BCUT2D eigenvalue weighted by Gasteiger charge is 2.91. The summed E-state index contributed by atoms with van der Waals surface area (Å²) in [5, 5.41) is 8.26. The quantitative estimate of drug-likeness (QED) is 0.615. The summed E-state index contributed by atoms with van der Waals surface area (Å²) in [6.45, 7) is 0.420. The van der Waals surface area contributed by atoms with Gasteiger partial charge in [-0.2, -0.15) is 57.1 Å². The van der Waals surface area contributed by atoms with Gasteiger partial charge in [0.15, 0.2) is 0 Å². The van der Waals surface area contributed by atoms with Crippen LogP contribution in [0.3, 0.4) is 0 Å². The molecule has 0 saturated heterocycles. The van der Waals surface area contributed by atoms with Crippen LogP contribution in [0, 0.1) is 5.92 Å². The Morgan fingerprint density at radius 2 is 1.04 bits per heavy atom. The molecule has 15 heteroatoms. The number of hydrogen-bond acceptors (Lipinski definition) is 1. The SMILES string of the molecule is CC[C@H](C(=O)O)C(F)(F)C(F)(F)C(F)(F)C(F)(F)C(F)(F)C(F)(F)F. The van der Waals surface area contributed by atoms with Crippen LogP contribution in [0.5, 0.6) is 0 Å². The zero-order valence-electron chi connectivity index (χ0n) is 11.6. The average Bonchev–Trinajstić information content (AvgIpc) is 2.36. The first-order chi connectivity index (χ1) is 10.6. The second kappa shape index (κ2) is 6.07. The summed E-state index contributed by atoms with van der Waals surface area (Å²) in [6, 6.07) is 0. The smallest absolute Gasteiger partial charge is 0.460 e. The molecule has 0 aliphatic rings. The molecule has 0 aromatic heterocycles. The van der Waals surface area contributed by atoms with Crippen molar-refractivity contribution in [1.29, 1.82) is 0 Å². The number of carboxylic acid groups (broad SMARTS) is 1. The standard InChI is InChI=1S/C10H7F13O2/c1-2-3(4(24)25)5(11,12)6(13,14)7(15,16)8(17,18)9(19,20)10(21,22)23/h3H,2H2,1H3,(H,24,25)/t3-/m1/s1. The first kappa shape index (κ1) is 23.6. The van der Waals surface area contributed by atoms with Crippen molar-refractivity contribution >= 4 is 5.97 Å². The fourth-order valence-corrected chi connectivity index (χ4v) is 1.59. The number of rotatable bonds is 7. The minimum Gasteiger partial charge on any atom is -0.481 e. The van der Waals surface area contributed by atoms with Gasteiger partial charge in [-0.15, -0.1) is 0 Å². The van der Waals surface area contributed by atoms with E-state index < -0.39 is 54.1 Å². The molecule has 0 aromatic rings. The van der Waals surface area contributed by atoms with E-state index in [-0.39, 0.29) is 0 Å². The lowest BCUT2D eigenvalue weighted by molar-refractivity contribution is -0.442. The predicted molar refractivity (Wildman–Crippen MR) is 52.2 cm³/mol. The third-order valence-corrected chi connectivity index (χ3v) is 3.10. The fraction of sp³-hybridized carbons (Fsp3) is 0.900. The summed E-state index contributed by atoms with van der Waals surface area (Å²) >= 11 is 0. The molecule has 0 bridgehead atoms. The minimum absolute atomic E-state index is 0.420. The number of alkyl halides is 13. The molecule has 2 nitrogen and oxygen atoms in total. The summed E-state index contributed by atoms with van der Waals surface area (Å²) in [5.41, 5.74) is 0. The Balaban J connectivity index is 6.43. The summed E-state index contributed by atoms with van der Waals surface area (Å²) < 4.78 is 166. The zero-order chi connectivity index (χ0) is 20.9. The van der Waals surface area contributed by atoms with E-state index in [0.29, 0.717) is 6.92 Å². The van der Waals surface area contributed by atoms with Gasteiger partial charge in [-0.05, 0) is 6.42 Å². The monoisotopic (exact) mass is 406 g/mol. The van der Waals surface area contributed by atoms with Crippen molar-refractivity contribution in [3.8, 4) is 0 Å². The molecule has 0 radical (unpaired) electrons. The Morgan fingerprint density at radius 1 is 0.720 bits per heavy atom. The topological polar surface area (TPSA) is 37.3 Å². The molecule has 0 aromatic carbocycles. The van der Waals surface area contributed by atoms with Crippen LogP contribution in [0.4, 0.5) is 57.1 Å². The van der Waals surface area contributed by atoms with Crippen molar-refractivity contribution in [2.45, 2.75) is 49.1 Å². The molecule has 0 rings (SSSR count). The van der Waals surface area contributed by atoms with Crippen molar-refractivity contribution in [1.82, 2.24) is 0 Å². The molecular formula is C10H7F13O2. The number of halogens is 13. The number of carbonyl (C=O) groups is 1. The summed E-state index contributed by atoms with van der Waals surface area (Å²) in [6.07, 6.45) is -9.06. The van der Waals surface area contributed by atoms with E-state index in [1.54, 1.807) is 0 Å². The number of aliphatic carboxylic acids is 1. The molecule has 0 aliphatic heterocycles. The van der Waals surface area contributed by atoms with Gasteiger partial charge >= 0.3 is 41.8 Å². The molecule has 0 amide bonds. The highest BCUT2D eigenvalue weighted by atomic mass is 19.4. The molecular weight excluding hydrogens is 399 g/mol. The van der Waals surface area contributed by atoms with Crippen molar-refractivity contribution in [3.05, 3.63) is 0 Å². The van der Waals surface area contributed by atoms with Gasteiger partial charge in [-0.1, -0.05) is 6.92 Å². The Morgan fingerprint density at radius 3 is 1.28 bits per heavy atom. The molecule has 0 spiro atoms. The second-order valence-corrected chi connectivity index (χ2v) is 4.72. The van der Waals surface area contributed by atoms with E-state index in [9.17, 15) is 61.9 Å². The lowest BCUT2D eigenvalue weighted by Gasteiger charge is -2.40. The Hall–Kier alpha value is -1.44. The predicted octanol–water partition coefficient (Wildman–Crippen LogP) is 4.84. The number of hydrogen-bond donors (Lipinski definition) is 1. The largest absolute Gasteiger partial charge is 0.481 e. The van der Waals surface area contributed by atoms with E-state index in [1.807, 2.05) is 0 Å². The van der Waals surface area contributed by atoms with E-state index in [4.69, 9.17) is 5.11 Å². The lowest BCUT2D eigenvalue weighted by Crippen LogP contribution is -2.71. The third-order valence-electron chi connectivity index (χ3n) is 3.10. The maximum Gasteiger partial charge on any atom is 0.460 e. The van der Waals surface area contributed by atoms with Gasteiger partial charge in [0.05, 0.1) is 0 Å². The molecule has 0 fully saturated rings. The third kappa shape index (κ3) is 3.09. The molecule has 0 saturated carbocycles. The molecule has 0 aliphatic carbocycles. The van der Waals surface area contributed by atoms with Crippen molar-refractivity contribution in [2.24, 2.45) is 5.92 Å². The molecule has 1 N–H and O–H groups in total. The minimum atomic E-state index is -8.03. The average molecular weight is 406 g/mol. The van der Waals surface area contributed by atoms with Crippen molar-refractivity contribution < 1.29 is 67.0 Å². The maximum atomic E-state index is 13.4. The van der Waals surface area contributed by atoms with Gasteiger partial charge < -0.3 is 5.11 Å². The van der Waals surface area contributed by atoms with Crippen molar-refractivity contribution in [2.75, 3.05) is 0 Å². The first-order valence-electron chi connectivity index (χ1n) is 5.83. The van der Waals surface area contributed by atoms with Gasteiger partial charge in [0.2, 0.25) is 0 Å². The molecule has 0 unspecified atom stereocenters. The maximum absolute atomic E-state index is 13.4. The van der Waals surface area contributed by atoms with Gasteiger partial charge in [0.25, 0.3) is 0 Å². The highest BCUT2D eigenvalue weighted by Crippen LogP contribution is 2.61. The molecule has 0 heterocycles. The van der Waals surface area contributed by atoms with Crippen LogP contribution < -0.4 is 0 Å². The second-order valence-electron chi connectivity index (χ2n) is 4.72. The molecule has 1 atom stereocenters. The Labute approximate surface area is 129 Å². The van der Waals surface area contributed by atoms with E-state index in [0.717, 1.165) is 0 Å². The Kier molecular flexibility index (Phi) is 5.72. The zero-order valence-corrected chi connectivity index (χ0v) is 11.6. The summed E-state index contributed by atoms with van der Waals surface area (Å²) in [5.74, 6) is -44.7. The van der Waals surface area contributed by atoms with Gasteiger partial charge in [0.1, 0.15) is 5.92 Å². The van der Waals surface area contributed by atoms with Gasteiger partial charge in [-0.25, -0.2) is 0 Å². The van der Waals surface area contributed by atoms with Gasteiger partial charge in [-0.3, -0.25) is 4.79 Å². The molecule has 25 heavy (non-hydrogen) atoms. The van der Waals surface area contributed by atoms with Crippen LogP contribution in [0.1, 0.15) is 13.3 Å². The summed E-state index contributed by atoms with van der Waals surface area (Å²) in [4.78, 5) is 10.4. The van der Waals surface area contributed by atoms with Crippen LogP contribution in [0.15, 0.2) is 0 Å². The van der Waals surface area contributed by atoms with Crippen molar-refractivity contribution in [3.63, 3.8) is 0 Å². The lowest BCUT2D eigenvalue weighted by atomic mass is 9.86. The van der Waals surface area contributed by atoms with Crippen LogP contribution in [-0.4, -0.2) is 46.9 Å². The van der Waals surface area contributed by atoms with Gasteiger partial charge in [0, 0.05) is 0 Å². The van der Waals surface area contributed by atoms with Crippen LogP contribution in [-0.2, 0) is 4.79 Å². The highest BCUT2D eigenvalue weighted by molar-refractivity contribution is 5.71. The van der Waals surface area contributed by atoms with Crippen LogP contribution in [0.25, 0.3) is 0 Å². The van der Waals surface area contributed by atoms with Crippen LogP contribution in [0.2, 0.25) is 0 Å². The number of carboxylic acids is 1. The van der Waals surface area contributed by atoms with Crippen LogP contribution >= 0.6 is 0 Å². The van der Waals surface area contributed by atoms with E-state index in [2.05, 4.69) is 0 Å². The van der Waals surface area contributed by atoms with E-state index >= 15 is 0 Å². The Bertz CT molecular complexity index is 507. The fourth-order valence-electron chi connectivity index (χ4n) is 1.59. The molecule has 150 valence electrons. The summed E-state index contributed by atoms with van der Waals surface area (Å²) in [7, 11) is 0.